The van der Waals surface area contributed by atoms with E-state index in [0.29, 0.717) is 0 Å². The molecule has 0 radical (unpaired) electrons. The van der Waals surface area contributed by atoms with Gasteiger partial charge in [0.15, 0.2) is 5.96 Å². The largest absolute Gasteiger partial charge is 0.356 e. The smallest absolute Gasteiger partial charge is 0.193 e. The predicted molar refractivity (Wildman–Crippen MR) is 102 cm³/mol. The number of hydrogen-bond acceptors (Lipinski definition) is 2. The molecule has 1 aliphatic rings. The second-order valence-corrected chi connectivity index (χ2v) is 7.20. The standard InChI is InChI=1S/C19H35N5/c1-17-9-7-14-24(15-17)13-6-5-11-21-19(20-2)23(4)16-18-10-8-12-22(18)3/h8,10,12,17H,5-7,9,11,13-16H2,1-4H3,(H,20,21). The topological polar surface area (TPSA) is 35.8 Å². The van der Waals surface area contributed by atoms with Crippen molar-refractivity contribution in [3.05, 3.63) is 24.0 Å². The first-order valence-electron chi connectivity index (χ1n) is 9.34. The third kappa shape index (κ3) is 5.86. The molecule has 0 aliphatic carbocycles. The molecule has 1 aromatic heterocycles. The molecule has 1 aliphatic heterocycles. The van der Waals surface area contributed by atoms with Crippen molar-refractivity contribution in [1.29, 1.82) is 0 Å². The van der Waals surface area contributed by atoms with Gasteiger partial charge in [0, 0.05) is 46.1 Å². The van der Waals surface area contributed by atoms with Crippen molar-refractivity contribution in [2.24, 2.45) is 18.0 Å². The molecule has 2 rings (SSSR count). The highest BCUT2D eigenvalue weighted by atomic mass is 15.3. The first kappa shape index (κ1) is 18.8. The maximum absolute atomic E-state index is 4.41. The minimum Gasteiger partial charge on any atom is -0.356 e. The van der Waals surface area contributed by atoms with E-state index in [2.05, 4.69) is 64.0 Å². The van der Waals surface area contributed by atoms with E-state index in [1.54, 1.807) is 0 Å². The number of aryl methyl sites for hydroxylation is 1. The average molecular weight is 334 g/mol. The lowest BCUT2D eigenvalue weighted by molar-refractivity contribution is 0.181. The van der Waals surface area contributed by atoms with Crippen LogP contribution >= 0.6 is 0 Å². The van der Waals surface area contributed by atoms with Gasteiger partial charge >= 0.3 is 0 Å². The predicted octanol–water partition coefficient (Wildman–Crippen LogP) is 2.54. The number of piperidine rings is 1. The van der Waals surface area contributed by atoms with Gasteiger partial charge in [-0.3, -0.25) is 4.99 Å². The Morgan fingerprint density at radius 2 is 2.25 bits per heavy atom. The van der Waals surface area contributed by atoms with Gasteiger partial charge in [0.25, 0.3) is 0 Å². The lowest BCUT2D eigenvalue weighted by Crippen LogP contribution is -2.39. The fourth-order valence-corrected chi connectivity index (χ4v) is 3.51. The molecule has 1 unspecified atom stereocenters. The highest BCUT2D eigenvalue weighted by molar-refractivity contribution is 5.79. The molecule has 1 aromatic rings. The zero-order valence-electron chi connectivity index (χ0n) is 16.0. The van der Waals surface area contributed by atoms with Crippen molar-refractivity contribution >= 4 is 5.96 Å². The number of guanidine groups is 1. The zero-order chi connectivity index (χ0) is 17.4. The van der Waals surface area contributed by atoms with Crippen LogP contribution in [0.15, 0.2) is 23.3 Å². The number of likely N-dealkylation sites (tertiary alicyclic amines) is 1. The summed E-state index contributed by atoms with van der Waals surface area (Å²) in [5.74, 6) is 1.85. The third-order valence-electron chi connectivity index (χ3n) is 4.95. The second-order valence-electron chi connectivity index (χ2n) is 7.20. The molecular formula is C19H35N5. The van der Waals surface area contributed by atoms with E-state index in [1.165, 1.54) is 51.0 Å². The van der Waals surface area contributed by atoms with Crippen LogP contribution in [0.2, 0.25) is 0 Å². The van der Waals surface area contributed by atoms with Crippen LogP contribution in [0.4, 0.5) is 0 Å². The van der Waals surface area contributed by atoms with Crippen LogP contribution in [0.3, 0.4) is 0 Å². The summed E-state index contributed by atoms with van der Waals surface area (Å²) in [4.78, 5) is 9.22. The molecule has 0 spiro atoms. The number of unbranched alkanes of at least 4 members (excludes halogenated alkanes) is 1. The summed E-state index contributed by atoms with van der Waals surface area (Å²) in [6, 6.07) is 4.24. The molecule has 0 amide bonds. The summed E-state index contributed by atoms with van der Waals surface area (Å²) in [7, 11) is 6.04. The monoisotopic (exact) mass is 333 g/mol. The zero-order valence-corrected chi connectivity index (χ0v) is 16.0. The second kappa shape index (κ2) is 9.72. The summed E-state index contributed by atoms with van der Waals surface area (Å²) in [5.41, 5.74) is 1.29. The molecule has 5 heteroatoms. The SMILES string of the molecule is CN=C(NCCCCN1CCCC(C)C1)N(C)Cc1cccn1C. The Morgan fingerprint density at radius 3 is 2.92 bits per heavy atom. The van der Waals surface area contributed by atoms with Gasteiger partial charge in [0.2, 0.25) is 0 Å². The van der Waals surface area contributed by atoms with Gasteiger partial charge in [0.1, 0.15) is 0 Å². The molecule has 1 saturated heterocycles. The van der Waals surface area contributed by atoms with Crippen LogP contribution in [0.5, 0.6) is 0 Å². The molecule has 0 aromatic carbocycles. The average Bonchev–Trinajstić information content (AvgIpc) is 2.96. The van der Waals surface area contributed by atoms with Crippen LogP contribution in [0.1, 0.15) is 38.3 Å². The molecule has 1 fully saturated rings. The van der Waals surface area contributed by atoms with Gasteiger partial charge in [-0.1, -0.05) is 6.92 Å². The molecule has 1 atom stereocenters. The maximum Gasteiger partial charge on any atom is 0.193 e. The molecule has 136 valence electrons. The first-order chi connectivity index (χ1) is 11.6. The van der Waals surface area contributed by atoms with Gasteiger partial charge < -0.3 is 19.7 Å². The van der Waals surface area contributed by atoms with E-state index in [4.69, 9.17) is 0 Å². The summed E-state index contributed by atoms with van der Waals surface area (Å²) in [6.07, 6.45) is 7.32. The fourth-order valence-electron chi connectivity index (χ4n) is 3.51. The lowest BCUT2D eigenvalue weighted by Gasteiger charge is -2.30. The summed E-state index contributed by atoms with van der Waals surface area (Å²) in [6.45, 7) is 8.06. The molecule has 5 nitrogen and oxygen atoms in total. The number of aliphatic imine (C=N–C) groups is 1. The Balaban J connectivity index is 1.63. The first-order valence-corrected chi connectivity index (χ1v) is 9.34. The van der Waals surface area contributed by atoms with Crippen molar-refractivity contribution in [3.8, 4) is 0 Å². The van der Waals surface area contributed by atoms with Crippen LogP contribution in [0.25, 0.3) is 0 Å². The highest BCUT2D eigenvalue weighted by Crippen LogP contribution is 2.15. The van der Waals surface area contributed by atoms with E-state index in [-0.39, 0.29) is 0 Å². The van der Waals surface area contributed by atoms with E-state index >= 15 is 0 Å². The number of rotatable bonds is 7. The molecule has 1 N–H and O–H groups in total. The Morgan fingerprint density at radius 1 is 1.42 bits per heavy atom. The van der Waals surface area contributed by atoms with Crippen molar-refractivity contribution < 1.29 is 0 Å². The molecular weight excluding hydrogens is 298 g/mol. The van der Waals surface area contributed by atoms with Crippen LogP contribution in [-0.4, -0.2) is 60.6 Å². The molecule has 24 heavy (non-hydrogen) atoms. The van der Waals surface area contributed by atoms with Gasteiger partial charge in [-0.15, -0.1) is 0 Å². The summed E-state index contributed by atoms with van der Waals surface area (Å²) in [5, 5.41) is 3.50. The Labute approximate surface area is 147 Å². The third-order valence-corrected chi connectivity index (χ3v) is 4.95. The highest BCUT2D eigenvalue weighted by Gasteiger charge is 2.15. The molecule has 0 bridgehead atoms. The molecule has 2 heterocycles. The number of hydrogen-bond donors (Lipinski definition) is 1. The summed E-state index contributed by atoms with van der Waals surface area (Å²) >= 11 is 0. The normalized spacial score (nSPS) is 19.5. The Hall–Kier alpha value is -1.49. The van der Waals surface area contributed by atoms with Gasteiger partial charge in [-0.05, 0) is 56.8 Å². The summed E-state index contributed by atoms with van der Waals surface area (Å²) < 4.78 is 2.16. The van der Waals surface area contributed by atoms with E-state index in [9.17, 15) is 0 Å². The fraction of sp³-hybridized carbons (Fsp3) is 0.737. The van der Waals surface area contributed by atoms with Crippen molar-refractivity contribution in [2.75, 3.05) is 40.3 Å². The quantitative estimate of drug-likeness (QED) is 0.473. The van der Waals surface area contributed by atoms with Crippen molar-refractivity contribution in [1.82, 2.24) is 19.7 Å². The number of nitrogens with one attached hydrogen (secondary N) is 1. The molecule has 0 saturated carbocycles. The van der Waals surface area contributed by atoms with Crippen LogP contribution in [-0.2, 0) is 13.6 Å². The van der Waals surface area contributed by atoms with Gasteiger partial charge in [0.05, 0.1) is 6.54 Å². The van der Waals surface area contributed by atoms with Crippen LogP contribution in [0, 0.1) is 5.92 Å². The minimum atomic E-state index is 0.870. The minimum absolute atomic E-state index is 0.870. The number of nitrogens with zero attached hydrogens (tertiary/aromatic N) is 4. The number of aromatic nitrogens is 1. The van der Waals surface area contributed by atoms with Crippen molar-refractivity contribution in [2.45, 2.75) is 39.2 Å². The van der Waals surface area contributed by atoms with E-state index < -0.39 is 0 Å². The van der Waals surface area contributed by atoms with Crippen molar-refractivity contribution in [3.63, 3.8) is 0 Å². The van der Waals surface area contributed by atoms with E-state index in [0.717, 1.165) is 25.0 Å². The van der Waals surface area contributed by atoms with E-state index in [1.807, 2.05) is 7.05 Å². The van der Waals surface area contributed by atoms with Gasteiger partial charge in [-0.2, -0.15) is 0 Å². The Bertz CT molecular complexity index is 508. The maximum atomic E-state index is 4.41. The van der Waals surface area contributed by atoms with Crippen LogP contribution < -0.4 is 5.32 Å². The Kier molecular flexibility index (Phi) is 7.63. The van der Waals surface area contributed by atoms with Gasteiger partial charge in [-0.25, -0.2) is 0 Å². The lowest BCUT2D eigenvalue weighted by atomic mass is 10.0.